The molecule has 0 spiro atoms. The lowest BCUT2D eigenvalue weighted by molar-refractivity contribution is -0.113. The molecule has 10 heteroatoms. The molecule has 5 aromatic carbocycles. The Bertz CT molecular complexity index is 2360. The van der Waals surface area contributed by atoms with Crippen molar-refractivity contribution >= 4 is 57.7 Å². The van der Waals surface area contributed by atoms with E-state index < -0.39 is 0 Å². The Morgan fingerprint density at radius 2 is 1.57 bits per heavy atom. The number of thioether (sulfide) groups is 1. The number of para-hydroxylation sites is 2. The SMILES string of the molecule is COc1ccc(/C=C/C(=O)c2ccc(NC(=O)CSc3nnc(-c4cc(-c5ccc(Cl)cc5)nc5ccccc45)n3-c3ccccc3)cc2)cc1. The van der Waals surface area contributed by atoms with Gasteiger partial charge >= 0.3 is 0 Å². The first-order valence-corrected chi connectivity index (χ1v) is 17.4. The summed E-state index contributed by atoms with van der Waals surface area (Å²) >= 11 is 7.46. The first-order chi connectivity index (χ1) is 24.9. The highest BCUT2D eigenvalue weighted by atomic mass is 35.5. The number of carbonyl (C=O) groups excluding carboxylic acids is 2. The molecule has 51 heavy (non-hydrogen) atoms. The number of fused-ring (bicyclic) bond motifs is 1. The second kappa shape index (κ2) is 15.2. The number of rotatable bonds is 11. The Morgan fingerprint density at radius 3 is 2.31 bits per heavy atom. The van der Waals surface area contributed by atoms with Crippen molar-refractivity contribution in [1.29, 1.82) is 0 Å². The predicted octanol–water partition coefficient (Wildman–Crippen LogP) is 9.44. The average Bonchev–Trinajstić information content (AvgIpc) is 3.60. The first-order valence-electron chi connectivity index (χ1n) is 16.0. The summed E-state index contributed by atoms with van der Waals surface area (Å²) in [6.45, 7) is 0. The minimum Gasteiger partial charge on any atom is -0.497 e. The Morgan fingerprint density at radius 1 is 0.843 bits per heavy atom. The number of ether oxygens (including phenoxy) is 1. The fraction of sp³-hybridized carbons (Fsp3) is 0.0488. The van der Waals surface area contributed by atoms with Crippen molar-refractivity contribution < 1.29 is 14.3 Å². The number of allylic oxidation sites excluding steroid dienone is 1. The zero-order valence-corrected chi connectivity index (χ0v) is 28.9. The van der Waals surface area contributed by atoms with Gasteiger partial charge in [-0.25, -0.2) is 4.98 Å². The van der Waals surface area contributed by atoms with Gasteiger partial charge in [-0.05, 0) is 84.4 Å². The van der Waals surface area contributed by atoms with Gasteiger partial charge in [-0.3, -0.25) is 14.2 Å². The quantitative estimate of drug-likeness (QED) is 0.0812. The third kappa shape index (κ3) is 7.75. The van der Waals surface area contributed by atoms with Crippen molar-refractivity contribution in [3.05, 3.63) is 156 Å². The lowest BCUT2D eigenvalue weighted by atomic mass is 10.0. The number of anilines is 1. The average molecular weight is 708 g/mol. The molecular weight excluding hydrogens is 678 g/mol. The second-order valence-electron chi connectivity index (χ2n) is 11.4. The van der Waals surface area contributed by atoms with E-state index >= 15 is 0 Å². The maximum atomic E-state index is 13.1. The normalized spacial score (nSPS) is 11.2. The molecule has 7 aromatic rings. The van der Waals surface area contributed by atoms with Crippen LogP contribution < -0.4 is 10.1 Å². The van der Waals surface area contributed by atoms with Crippen LogP contribution in [0.2, 0.25) is 5.02 Å². The molecule has 0 bridgehead atoms. The van der Waals surface area contributed by atoms with Crippen LogP contribution in [0.3, 0.4) is 0 Å². The van der Waals surface area contributed by atoms with Gasteiger partial charge in [-0.1, -0.05) is 90.1 Å². The minimum atomic E-state index is -0.220. The van der Waals surface area contributed by atoms with Gasteiger partial charge in [-0.15, -0.1) is 10.2 Å². The van der Waals surface area contributed by atoms with Crippen molar-refractivity contribution in [2.75, 3.05) is 18.2 Å². The van der Waals surface area contributed by atoms with E-state index in [1.165, 1.54) is 17.8 Å². The van der Waals surface area contributed by atoms with Crippen molar-refractivity contribution in [2.24, 2.45) is 0 Å². The number of nitrogens with zero attached hydrogens (tertiary/aromatic N) is 4. The molecule has 0 unspecified atom stereocenters. The lowest BCUT2D eigenvalue weighted by Gasteiger charge is -2.13. The molecule has 0 fully saturated rings. The minimum absolute atomic E-state index is 0.0867. The van der Waals surface area contributed by atoms with Gasteiger partial charge in [0.25, 0.3) is 0 Å². The molecule has 250 valence electrons. The van der Waals surface area contributed by atoms with Crippen molar-refractivity contribution in [1.82, 2.24) is 19.7 Å². The van der Waals surface area contributed by atoms with E-state index in [-0.39, 0.29) is 17.4 Å². The summed E-state index contributed by atoms with van der Waals surface area (Å²) in [5, 5.41) is 14.3. The van der Waals surface area contributed by atoms with Crippen LogP contribution in [0, 0.1) is 0 Å². The zero-order valence-electron chi connectivity index (χ0n) is 27.4. The summed E-state index contributed by atoms with van der Waals surface area (Å²) in [5.41, 5.74) is 6.21. The van der Waals surface area contributed by atoms with Crippen molar-refractivity contribution in [2.45, 2.75) is 5.16 Å². The van der Waals surface area contributed by atoms with Gasteiger partial charge in [0.05, 0.1) is 24.1 Å². The molecule has 0 aliphatic carbocycles. The Labute approximate surface area is 303 Å². The molecule has 0 aliphatic heterocycles. The van der Waals surface area contributed by atoms with E-state index in [9.17, 15) is 9.59 Å². The van der Waals surface area contributed by atoms with Crippen molar-refractivity contribution in [3.8, 4) is 34.1 Å². The lowest BCUT2D eigenvalue weighted by Crippen LogP contribution is -2.14. The van der Waals surface area contributed by atoms with Gasteiger partial charge in [0, 0.05) is 38.5 Å². The number of hydrogen-bond acceptors (Lipinski definition) is 7. The number of halogens is 1. The highest BCUT2D eigenvalue weighted by Gasteiger charge is 2.20. The molecule has 0 atom stereocenters. The number of hydrogen-bond donors (Lipinski definition) is 1. The van der Waals surface area contributed by atoms with E-state index in [0.717, 1.165) is 44.7 Å². The second-order valence-corrected chi connectivity index (χ2v) is 12.8. The monoisotopic (exact) mass is 707 g/mol. The van der Waals surface area contributed by atoms with Crippen LogP contribution in [0.4, 0.5) is 5.69 Å². The van der Waals surface area contributed by atoms with Gasteiger partial charge in [0.15, 0.2) is 16.8 Å². The van der Waals surface area contributed by atoms with E-state index in [1.807, 2.05) is 114 Å². The molecule has 0 aliphatic rings. The summed E-state index contributed by atoms with van der Waals surface area (Å²) in [6.07, 6.45) is 3.28. The largest absolute Gasteiger partial charge is 0.497 e. The van der Waals surface area contributed by atoms with Crippen molar-refractivity contribution in [3.63, 3.8) is 0 Å². The molecule has 2 heterocycles. The number of amides is 1. The molecule has 1 N–H and O–H groups in total. The van der Waals surface area contributed by atoms with Crippen LogP contribution in [0.1, 0.15) is 15.9 Å². The Kier molecular flexibility index (Phi) is 10.0. The summed E-state index contributed by atoms with van der Waals surface area (Å²) in [4.78, 5) is 30.8. The summed E-state index contributed by atoms with van der Waals surface area (Å²) < 4.78 is 7.14. The van der Waals surface area contributed by atoms with Gasteiger partial charge in [-0.2, -0.15) is 0 Å². The van der Waals surface area contributed by atoms with Gasteiger partial charge in [0.2, 0.25) is 5.91 Å². The molecule has 7 rings (SSSR count). The van der Waals surface area contributed by atoms with Crippen LogP contribution in [0.25, 0.3) is 45.3 Å². The maximum Gasteiger partial charge on any atom is 0.234 e. The highest BCUT2D eigenvalue weighted by Crippen LogP contribution is 2.35. The molecule has 2 aromatic heterocycles. The standard InChI is InChI=1S/C41H30ClN5O3S/c1-50-33-22-11-27(12-23-33)13-24-38(48)29-16-20-31(21-17-29)43-39(49)26-51-41-46-45-40(47(41)32-7-3-2-4-8-32)35-25-37(28-14-18-30(42)19-15-28)44-36-10-6-5-9-34(35)36/h2-25H,26H2,1H3,(H,43,49)/b24-13+. The fourth-order valence-corrected chi connectivity index (χ4v) is 6.38. The Hall–Kier alpha value is -6.03. The third-order valence-corrected chi connectivity index (χ3v) is 9.25. The molecule has 0 radical (unpaired) electrons. The smallest absolute Gasteiger partial charge is 0.234 e. The highest BCUT2D eigenvalue weighted by molar-refractivity contribution is 7.99. The van der Waals surface area contributed by atoms with Gasteiger partial charge in [0.1, 0.15) is 5.75 Å². The molecular formula is C41H30ClN5O3S. The first kappa shape index (κ1) is 33.5. The number of methoxy groups -OCH3 is 1. The van der Waals surface area contributed by atoms with Crippen LogP contribution in [-0.4, -0.2) is 44.3 Å². The molecule has 1 amide bonds. The number of aromatic nitrogens is 4. The number of nitrogens with one attached hydrogen (secondary N) is 1. The van der Waals surface area contributed by atoms with E-state index in [0.29, 0.717) is 27.3 Å². The Balaban J connectivity index is 1.10. The van der Waals surface area contributed by atoms with Crippen LogP contribution in [-0.2, 0) is 4.79 Å². The summed E-state index contributed by atoms with van der Waals surface area (Å²) in [5.74, 6) is 1.10. The van der Waals surface area contributed by atoms with E-state index in [4.69, 9.17) is 21.3 Å². The number of benzene rings is 5. The fourth-order valence-electron chi connectivity index (χ4n) is 5.50. The number of ketones is 1. The van der Waals surface area contributed by atoms with Crippen LogP contribution in [0.5, 0.6) is 5.75 Å². The maximum absolute atomic E-state index is 13.1. The zero-order chi connectivity index (χ0) is 35.2. The molecule has 0 saturated carbocycles. The topological polar surface area (TPSA) is 99.0 Å². The van der Waals surface area contributed by atoms with E-state index in [1.54, 1.807) is 37.5 Å². The molecule has 0 saturated heterocycles. The van der Waals surface area contributed by atoms with Crippen LogP contribution in [0.15, 0.2) is 145 Å². The van der Waals surface area contributed by atoms with Gasteiger partial charge < -0.3 is 10.1 Å². The summed E-state index contributed by atoms with van der Waals surface area (Å²) in [7, 11) is 1.61. The third-order valence-electron chi connectivity index (χ3n) is 8.07. The molecule has 8 nitrogen and oxygen atoms in total. The predicted molar refractivity (Wildman–Crippen MR) is 205 cm³/mol. The van der Waals surface area contributed by atoms with Crippen LogP contribution >= 0.6 is 23.4 Å². The summed E-state index contributed by atoms with van der Waals surface area (Å²) in [6, 6.07) is 41.6. The number of carbonyl (C=O) groups is 2. The van der Waals surface area contributed by atoms with E-state index in [2.05, 4.69) is 15.5 Å². The number of pyridine rings is 1.